The van der Waals surface area contributed by atoms with Crippen molar-refractivity contribution in [3.8, 4) is 0 Å². The van der Waals surface area contributed by atoms with Crippen LogP contribution in [-0.2, 0) is 0 Å². The van der Waals surface area contributed by atoms with Gasteiger partial charge in [0.05, 0.1) is 5.69 Å². The molecule has 15 heavy (non-hydrogen) atoms. The van der Waals surface area contributed by atoms with E-state index in [1.54, 1.807) is 13.8 Å². The molecule has 0 amide bonds. The van der Waals surface area contributed by atoms with Crippen molar-refractivity contribution in [3.05, 3.63) is 29.3 Å². The van der Waals surface area contributed by atoms with Gasteiger partial charge in [-0.05, 0) is 26.0 Å². The number of aromatic carboxylic acids is 1. The second-order valence-electron chi connectivity index (χ2n) is 3.39. The van der Waals surface area contributed by atoms with Gasteiger partial charge < -0.3 is 10.4 Å². The van der Waals surface area contributed by atoms with Gasteiger partial charge in [0.25, 0.3) is 0 Å². The third kappa shape index (κ3) is 2.43. The van der Waals surface area contributed by atoms with Crippen LogP contribution in [0, 0.1) is 11.6 Å². The average Bonchev–Trinajstić information content (AvgIpc) is 2.09. The Kier molecular flexibility index (Phi) is 3.24. The van der Waals surface area contributed by atoms with E-state index in [1.165, 1.54) is 6.07 Å². The van der Waals surface area contributed by atoms with Gasteiger partial charge in [0.15, 0.2) is 5.82 Å². The standard InChI is InChI=1S/C10H11F2NO2/c1-5(2)13-7-4-3-6(11)8(9(7)12)10(14)15/h3-5,13H,1-2H3,(H,14,15). The molecule has 0 aromatic heterocycles. The third-order valence-corrected chi connectivity index (χ3v) is 1.75. The maximum atomic E-state index is 13.5. The van der Waals surface area contributed by atoms with Crippen molar-refractivity contribution in [2.75, 3.05) is 5.32 Å². The molecule has 0 atom stereocenters. The van der Waals surface area contributed by atoms with Gasteiger partial charge in [0, 0.05) is 6.04 Å². The van der Waals surface area contributed by atoms with Crippen LogP contribution in [0.4, 0.5) is 14.5 Å². The second kappa shape index (κ2) is 4.25. The van der Waals surface area contributed by atoms with Crippen LogP contribution in [0.25, 0.3) is 0 Å². The summed E-state index contributed by atoms with van der Waals surface area (Å²) in [5.41, 5.74) is -0.940. The molecule has 0 aliphatic carbocycles. The minimum absolute atomic E-state index is 0.0104. The molecule has 1 rings (SSSR count). The Labute approximate surface area is 85.7 Å². The SMILES string of the molecule is CC(C)Nc1ccc(F)c(C(=O)O)c1F. The smallest absolute Gasteiger partial charge is 0.341 e. The lowest BCUT2D eigenvalue weighted by atomic mass is 10.1. The normalized spacial score (nSPS) is 10.5. The molecular formula is C10H11F2NO2. The predicted molar refractivity (Wildman–Crippen MR) is 52.1 cm³/mol. The quantitative estimate of drug-likeness (QED) is 0.814. The van der Waals surface area contributed by atoms with Crippen molar-refractivity contribution < 1.29 is 18.7 Å². The van der Waals surface area contributed by atoms with E-state index in [0.717, 1.165) is 6.07 Å². The summed E-state index contributed by atoms with van der Waals surface area (Å²) in [4.78, 5) is 10.6. The van der Waals surface area contributed by atoms with E-state index in [9.17, 15) is 13.6 Å². The molecule has 0 heterocycles. The van der Waals surface area contributed by atoms with Gasteiger partial charge in [-0.2, -0.15) is 0 Å². The molecule has 0 aliphatic heterocycles. The molecule has 3 nitrogen and oxygen atoms in total. The number of carbonyl (C=O) groups is 1. The number of benzene rings is 1. The number of hydrogen-bond acceptors (Lipinski definition) is 2. The van der Waals surface area contributed by atoms with Crippen LogP contribution >= 0.6 is 0 Å². The molecule has 0 spiro atoms. The van der Waals surface area contributed by atoms with Gasteiger partial charge in [-0.25, -0.2) is 13.6 Å². The molecular weight excluding hydrogens is 204 g/mol. The topological polar surface area (TPSA) is 49.3 Å². The highest BCUT2D eigenvalue weighted by atomic mass is 19.1. The molecule has 0 saturated heterocycles. The van der Waals surface area contributed by atoms with E-state index in [4.69, 9.17) is 5.11 Å². The van der Waals surface area contributed by atoms with Crippen LogP contribution in [0.5, 0.6) is 0 Å². The van der Waals surface area contributed by atoms with E-state index >= 15 is 0 Å². The summed E-state index contributed by atoms with van der Waals surface area (Å²) >= 11 is 0. The maximum Gasteiger partial charge on any atom is 0.341 e. The zero-order valence-corrected chi connectivity index (χ0v) is 8.34. The molecule has 0 radical (unpaired) electrons. The number of carboxylic acid groups (broad SMARTS) is 1. The molecule has 0 saturated carbocycles. The summed E-state index contributed by atoms with van der Waals surface area (Å²) < 4.78 is 26.4. The highest BCUT2D eigenvalue weighted by Gasteiger charge is 2.19. The van der Waals surface area contributed by atoms with E-state index in [1.807, 2.05) is 0 Å². The number of carboxylic acids is 1. The Morgan fingerprint density at radius 3 is 2.47 bits per heavy atom. The monoisotopic (exact) mass is 215 g/mol. The summed E-state index contributed by atoms with van der Waals surface area (Å²) in [6, 6.07) is 2.04. The van der Waals surface area contributed by atoms with Crippen molar-refractivity contribution in [1.82, 2.24) is 0 Å². The van der Waals surface area contributed by atoms with Crippen LogP contribution in [-0.4, -0.2) is 17.1 Å². The largest absolute Gasteiger partial charge is 0.477 e. The Bertz CT molecular complexity index is 391. The van der Waals surface area contributed by atoms with Crippen LogP contribution in [0.2, 0.25) is 0 Å². The fraction of sp³-hybridized carbons (Fsp3) is 0.300. The number of anilines is 1. The van der Waals surface area contributed by atoms with Crippen LogP contribution in [0.1, 0.15) is 24.2 Å². The molecule has 1 aromatic rings. The van der Waals surface area contributed by atoms with Gasteiger partial charge in [0.2, 0.25) is 0 Å². The van der Waals surface area contributed by atoms with E-state index < -0.39 is 23.2 Å². The molecule has 0 bridgehead atoms. The summed E-state index contributed by atoms with van der Waals surface area (Å²) in [6.45, 7) is 3.53. The summed E-state index contributed by atoms with van der Waals surface area (Å²) in [6.07, 6.45) is 0. The van der Waals surface area contributed by atoms with Crippen LogP contribution in [0.15, 0.2) is 12.1 Å². The molecule has 0 aliphatic rings. The number of nitrogens with one attached hydrogen (secondary N) is 1. The van der Waals surface area contributed by atoms with Gasteiger partial charge in [-0.3, -0.25) is 0 Å². The maximum absolute atomic E-state index is 13.5. The second-order valence-corrected chi connectivity index (χ2v) is 3.39. The lowest BCUT2D eigenvalue weighted by Crippen LogP contribution is -2.14. The lowest BCUT2D eigenvalue weighted by Gasteiger charge is -2.12. The molecule has 5 heteroatoms. The fourth-order valence-corrected chi connectivity index (χ4v) is 1.17. The summed E-state index contributed by atoms with van der Waals surface area (Å²) in [5.74, 6) is -3.76. The van der Waals surface area contributed by atoms with Gasteiger partial charge >= 0.3 is 5.97 Å². The van der Waals surface area contributed by atoms with Gasteiger partial charge in [-0.1, -0.05) is 0 Å². The number of rotatable bonds is 3. The Morgan fingerprint density at radius 1 is 1.40 bits per heavy atom. The molecule has 0 unspecified atom stereocenters. The minimum Gasteiger partial charge on any atom is -0.477 e. The van der Waals surface area contributed by atoms with Crippen molar-refractivity contribution in [3.63, 3.8) is 0 Å². The van der Waals surface area contributed by atoms with Crippen molar-refractivity contribution in [2.24, 2.45) is 0 Å². The lowest BCUT2D eigenvalue weighted by molar-refractivity contribution is 0.0686. The third-order valence-electron chi connectivity index (χ3n) is 1.75. The minimum atomic E-state index is -1.61. The first-order chi connectivity index (χ1) is 6.93. The zero-order chi connectivity index (χ0) is 11.6. The summed E-state index contributed by atoms with van der Waals surface area (Å²) in [5, 5.41) is 11.3. The summed E-state index contributed by atoms with van der Waals surface area (Å²) in [7, 11) is 0. The first-order valence-corrected chi connectivity index (χ1v) is 4.41. The molecule has 82 valence electrons. The average molecular weight is 215 g/mol. The van der Waals surface area contributed by atoms with E-state index in [-0.39, 0.29) is 11.7 Å². The van der Waals surface area contributed by atoms with Crippen LogP contribution in [0.3, 0.4) is 0 Å². The Hall–Kier alpha value is -1.65. The first-order valence-electron chi connectivity index (χ1n) is 4.41. The molecule has 1 aromatic carbocycles. The molecule has 0 fully saturated rings. The Balaban J connectivity index is 3.22. The van der Waals surface area contributed by atoms with Crippen molar-refractivity contribution in [2.45, 2.75) is 19.9 Å². The van der Waals surface area contributed by atoms with E-state index in [0.29, 0.717) is 0 Å². The number of halogens is 2. The predicted octanol–water partition coefficient (Wildman–Crippen LogP) is 2.48. The number of hydrogen-bond donors (Lipinski definition) is 2. The Morgan fingerprint density at radius 2 is 2.00 bits per heavy atom. The molecule has 2 N–H and O–H groups in total. The highest BCUT2D eigenvalue weighted by Crippen LogP contribution is 2.21. The van der Waals surface area contributed by atoms with Crippen LogP contribution < -0.4 is 5.32 Å². The van der Waals surface area contributed by atoms with Gasteiger partial charge in [-0.15, -0.1) is 0 Å². The van der Waals surface area contributed by atoms with Crippen molar-refractivity contribution >= 4 is 11.7 Å². The fourth-order valence-electron chi connectivity index (χ4n) is 1.17. The zero-order valence-electron chi connectivity index (χ0n) is 8.34. The van der Waals surface area contributed by atoms with E-state index in [2.05, 4.69) is 5.32 Å². The first kappa shape index (κ1) is 11.4. The van der Waals surface area contributed by atoms with Crippen molar-refractivity contribution in [1.29, 1.82) is 0 Å². The highest BCUT2D eigenvalue weighted by molar-refractivity contribution is 5.89. The van der Waals surface area contributed by atoms with Gasteiger partial charge in [0.1, 0.15) is 11.4 Å².